The van der Waals surface area contributed by atoms with E-state index in [-0.39, 0.29) is 5.91 Å². The normalized spacial score (nSPS) is 15.0. The molecule has 1 amide bonds. The van der Waals surface area contributed by atoms with Gasteiger partial charge in [0.25, 0.3) is 5.91 Å². The molecule has 0 bridgehead atoms. The van der Waals surface area contributed by atoms with Crippen LogP contribution in [-0.4, -0.2) is 23.3 Å². The molecule has 1 aliphatic rings. The van der Waals surface area contributed by atoms with Gasteiger partial charge in [0.05, 0.1) is 4.91 Å². The van der Waals surface area contributed by atoms with Crippen molar-refractivity contribution in [2.45, 2.75) is 90.9 Å². The van der Waals surface area contributed by atoms with Gasteiger partial charge in [-0.05, 0) is 36.6 Å². The van der Waals surface area contributed by atoms with E-state index in [9.17, 15) is 4.79 Å². The van der Waals surface area contributed by atoms with Crippen LogP contribution in [0.25, 0.3) is 6.08 Å². The lowest BCUT2D eigenvalue weighted by molar-refractivity contribution is -0.115. The fourth-order valence-electron chi connectivity index (χ4n) is 3.89. The third-order valence-corrected chi connectivity index (χ3v) is 6.92. The second-order valence-electron chi connectivity index (χ2n) is 8.47. The second kappa shape index (κ2) is 15.5. The molecule has 5 heteroatoms. The van der Waals surface area contributed by atoms with Gasteiger partial charge in [0.2, 0.25) is 0 Å². The van der Waals surface area contributed by atoms with Crippen molar-refractivity contribution in [2.75, 3.05) is 18.0 Å². The largest absolute Gasteiger partial charge is 0.372 e. The van der Waals surface area contributed by atoms with E-state index >= 15 is 0 Å². The molecule has 0 spiro atoms. The van der Waals surface area contributed by atoms with Crippen LogP contribution in [0.2, 0.25) is 0 Å². The van der Waals surface area contributed by atoms with Gasteiger partial charge in [-0.2, -0.15) is 0 Å². The van der Waals surface area contributed by atoms with E-state index in [0.717, 1.165) is 18.7 Å². The molecule has 1 aromatic rings. The minimum absolute atomic E-state index is 0.0909. The summed E-state index contributed by atoms with van der Waals surface area (Å²) in [4.78, 5) is 15.1. The summed E-state index contributed by atoms with van der Waals surface area (Å²) in [5.74, 6) is -0.0909. The highest BCUT2D eigenvalue weighted by atomic mass is 32.2. The third-order valence-electron chi connectivity index (χ3n) is 5.76. The zero-order valence-corrected chi connectivity index (χ0v) is 21.1. The van der Waals surface area contributed by atoms with Gasteiger partial charge in [0.15, 0.2) is 0 Å². The average molecular weight is 461 g/mol. The Hall–Kier alpha value is -1.33. The minimum Gasteiger partial charge on any atom is -0.372 e. The first-order valence-corrected chi connectivity index (χ1v) is 13.5. The molecule has 0 aliphatic carbocycles. The van der Waals surface area contributed by atoms with E-state index in [1.807, 2.05) is 6.08 Å². The zero-order chi connectivity index (χ0) is 22.3. The monoisotopic (exact) mass is 460 g/mol. The first kappa shape index (κ1) is 25.9. The number of hydrogen-bond acceptors (Lipinski definition) is 4. The number of anilines is 1. The summed E-state index contributed by atoms with van der Waals surface area (Å²) in [6.07, 6.45) is 17.9. The lowest BCUT2D eigenvalue weighted by atomic mass is 10.1. The molecule has 31 heavy (non-hydrogen) atoms. The Labute approximate surface area is 199 Å². The summed E-state index contributed by atoms with van der Waals surface area (Å²) < 4.78 is 0.539. The predicted octanol–water partition coefficient (Wildman–Crippen LogP) is 7.70. The fraction of sp³-hybridized carbons (Fsp3) is 0.615. The van der Waals surface area contributed by atoms with Gasteiger partial charge < -0.3 is 10.2 Å². The molecule has 1 fully saturated rings. The van der Waals surface area contributed by atoms with Crippen molar-refractivity contribution in [2.24, 2.45) is 0 Å². The van der Waals surface area contributed by atoms with Gasteiger partial charge in [-0.3, -0.25) is 4.79 Å². The summed E-state index contributed by atoms with van der Waals surface area (Å²) >= 11 is 6.41. The number of carbonyl (C=O) groups excluding carboxylic acids is 1. The lowest BCUT2D eigenvalue weighted by Crippen LogP contribution is -2.25. The number of amides is 1. The summed E-state index contributed by atoms with van der Waals surface area (Å²) in [5.41, 5.74) is 2.34. The molecule has 0 radical (unpaired) electrons. The number of carbonyl (C=O) groups is 1. The van der Waals surface area contributed by atoms with Crippen LogP contribution in [0.5, 0.6) is 0 Å². The number of nitrogens with zero attached hydrogens (tertiary/aromatic N) is 1. The molecule has 172 valence electrons. The van der Waals surface area contributed by atoms with E-state index in [1.165, 1.54) is 94.5 Å². The molecule has 1 aromatic carbocycles. The standard InChI is InChI=1S/C26H40N2OS2/c1-3-5-7-9-11-13-19-28(20-14-12-10-8-6-4-2)23-17-15-22(16-18-23)21-24-25(29)27-26(30)31-24/h15-18,21H,3-14,19-20H2,1-2H3,(H,27,29,30). The molecule has 0 unspecified atom stereocenters. The molecule has 1 saturated heterocycles. The summed E-state index contributed by atoms with van der Waals surface area (Å²) in [6, 6.07) is 8.65. The maximum Gasteiger partial charge on any atom is 0.263 e. The molecule has 0 saturated carbocycles. The highest BCUT2D eigenvalue weighted by Gasteiger charge is 2.21. The van der Waals surface area contributed by atoms with E-state index < -0.39 is 0 Å². The quantitative estimate of drug-likeness (QED) is 0.156. The van der Waals surface area contributed by atoms with Gasteiger partial charge in [-0.15, -0.1) is 0 Å². The minimum atomic E-state index is -0.0909. The number of thioether (sulfide) groups is 1. The van der Waals surface area contributed by atoms with Crippen molar-refractivity contribution in [3.05, 3.63) is 34.7 Å². The van der Waals surface area contributed by atoms with Crippen LogP contribution in [0.3, 0.4) is 0 Å². The van der Waals surface area contributed by atoms with Crippen LogP contribution in [-0.2, 0) is 4.79 Å². The SMILES string of the molecule is CCCCCCCCN(CCCCCCCC)c1ccc(C=C2SC(=S)NC2=O)cc1. The van der Waals surface area contributed by atoms with Gasteiger partial charge in [0.1, 0.15) is 4.32 Å². The predicted molar refractivity (Wildman–Crippen MR) is 142 cm³/mol. The van der Waals surface area contributed by atoms with Crippen molar-refractivity contribution in [3.8, 4) is 0 Å². The maximum atomic E-state index is 11.9. The Morgan fingerprint density at radius 3 is 1.84 bits per heavy atom. The van der Waals surface area contributed by atoms with Crippen molar-refractivity contribution < 1.29 is 4.79 Å². The van der Waals surface area contributed by atoms with Crippen LogP contribution in [0.1, 0.15) is 96.5 Å². The maximum absolute atomic E-state index is 11.9. The number of thiocarbonyl (C=S) groups is 1. The summed E-state index contributed by atoms with van der Waals surface area (Å²) in [5, 5.41) is 2.68. The first-order valence-electron chi connectivity index (χ1n) is 12.2. The van der Waals surface area contributed by atoms with E-state index in [4.69, 9.17) is 12.2 Å². The Kier molecular flexibility index (Phi) is 12.9. The van der Waals surface area contributed by atoms with Crippen LogP contribution in [0.15, 0.2) is 29.2 Å². The van der Waals surface area contributed by atoms with E-state index in [1.54, 1.807) is 0 Å². The highest BCUT2D eigenvalue weighted by molar-refractivity contribution is 8.26. The number of hydrogen-bond donors (Lipinski definition) is 1. The van der Waals surface area contributed by atoms with Gasteiger partial charge in [0, 0.05) is 18.8 Å². The average Bonchev–Trinajstić information content (AvgIpc) is 3.08. The second-order valence-corrected chi connectivity index (χ2v) is 10.2. The summed E-state index contributed by atoms with van der Waals surface area (Å²) in [7, 11) is 0. The number of unbranched alkanes of at least 4 members (excludes halogenated alkanes) is 10. The van der Waals surface area contributed by atoms with Crippen LogP contribution < -0.4 is 10.2 Å². The molecule has 1 aliphatic heterocycles. The zero-order valence-electron chi connectivity index (χ0n) is 19.5. The van der Waals surface area contributed by atoms with Crippen LogP contribution >= 0.6 is 24.0 Å². The third kappa shape index (κ3) is 10.2. The Morgan fingerprint density at radius 1 is 0.839 bits per heavy atom. The van der Waals surface area contributed by atoms with Gasteiger partial charge >= 0.3 is 0 Å². The Morgan fingerprint density at radius 2 is 1.35 bits per heavy atom. The molecule has 2 rings (SSSR count). The molecule has 1 N–H and O–H groups in total. The van der Waals surface area contributed by atoms with E-state index in [2.05, 4.69) is 48.3 Å². The van der Waals surface area contributed by atoms with Gasteiger partial charge in [-0.1, -0.05) is 114 Å². The number of rotatable bonds is 16. The number of benzene rings is 1. The lowest BCUT2D eigenvalue weighted by Gasteiger charge is -2.25. The van der Waals surface area contributed by atoms with Gasteiger partial charge in [-0.25, -0.2) is 0 Å². The highest BCUT2D eigenvalue weighted by Crippen LogP contribution is 2.27. The molecule has 3 nitrogen and oxygen atoms in total. The van der Waals surface area contributed by atoms with Crippen molar-refractivity contribution in [1.82, 2.24) is 5.32 Å². The summed E-state index contributed by atoms with van der Waals surface area (Å²) in [6.45, 7) is 6.81. The molecular weight excluding hydrogens is 420 g/mol. The first-order chi connectivity index (χ1) is 15.1. The van der Waals surface area contributed by atoms with Crippen molar-refractivity contribution in [3.63, 3.8) is 0 Å². The Bertz CT molecular complexity index is 684. The smallest absolute Gasteiger partial charge is 0.263 e. The topological polar surface area (TPSA) is 32.3 Å². The van der Waals surface area contributed by atoms with Crippen LogP contribution in [0, 0.1) is 0 Å². The Balaban J connectivity index is 1.91. The molecule has 0 aromatic heterocycles. The fourth-order valence-corrected chi connectivity index (χ4v) is 4.93. The van der Waals surface area contributed by atoms with Crippen molar-refractivity contribution >= 4 is 46.0 Å². The van der Waals surface area contributed by atoms with Crippen molar-refractivity contribution in [1.29, 1.82) is 0 Å². The molecule has 1 heterocycles. The van der Waals surface area contributed by atoms with E-state index in [0.29, 0.717) is 9.23 Å². The number of nitrogens with one attached hydrogen (secondary N) is 1. The molecular formula is C26H40N2OS2. The molecule has 0 atom stereocenters. The van der Waals surface area contributed by atoms with Crippen LogP contribution in [0.4, 0.5) is 5.69 Å².